The Kier molecular flexibility index (Phi) is 3.42. The number of rotatable bonds is 2. The molecule has 0 atom stereocenters. The Labute approximate surface area is 124 Å². The molecule has 0 aliphatic carbocycles. The summed E-state index contributed by atoms with van der Waals surface area (Å²) in [6.45, 7) is 0. The summed E-state index contributed by atoms with van der Waals surface area (Å²) in [5.74, 6) is -0.274. The monoisotopic (exact) mass is 305 g/mol. The molecule has 0 bridgehead atoms. The Morgan fingerprint density at radius 1 is 1.25 bits per heavy atom. The number of nitrogens with zero attached hydrogens (tertiary/aromatic N) is 1. The lowest BCUT2D eigenvalue weighted by molar-refractivity contribution is -0.113. The molecule has 1 saturated heterocycles. The van der Waals surface area contributed by atoms with Crippen LogP contribution in [0.15, 0.2) is 52.0 Å². The quantitative estimate of drug-likeness (QED) is 0.624. The second-order valence-electron chi connectivity index (χ2n) is 3.98. The second-order valence-corrected chi connectivity index (χ2v) is 5.66. The van der Waals surface area contributed by atoms with E-state index in [0.29, 0.717) is 15.0 Å². The Morgan fingerprint density at radius 2 is 2.05 bits per heavy atom. The van der Waals surface area contributed by atoms with Gasteiger partial charge in [-0.05, 0) is 24.3 Å². The fraction of sp³-hybridized carbons (Fsp3) is 0. The van der Waals surface area contributed by atoms with Crippen molar-refractivity contribution in [3.8, 4) is 0 Å². The highest BCUT2D eigenvalue weighted by atomic mass is 32.2. The van der Waals surface area contributed by atoms with Crippen LogP contribution in [0.3, 0.4) is 0 Å². The van der Waals surface area contributed by atoms with Gasteiger partial charge in [0, 0.05) is 6.08 Å². The molecule has 1 amide bonds. The number of para-hydroxylation sites is 1. The summed E-state index contributed by atoms with van der Waals surface area (Å²) in [6.07, 6.45) is 3.11. The first kappa shape index (κ1) is 13.1. The molecule has 1 aliphatic heterocycles. The van der Waals surface area contributed by atoms with Crippen molar-refractivity contribution in [2.24, 2.45) is 0 Å². The van der Waals surface area contributed by atoms with Gasteiger partial charge in [-0.2, -0.15) is 0 Å². The van der Waals surface area contributed by atoms with Gasteiger partial charge in [0.1, 0.15) is 11.6 Å². The predicted molar refractivity (Wildman–Crippen MR) is 80.8 cm³/mol. The number of thioether (sulfide) groups is 1. The highest BCUT2D eigenvalue weighted by Gasteiger charge is 2.34. The Bertz CT molecular complexity index is 710. The van der Waals surface area contributed by atoms with Gasteiger partial charge in [0.25, 0.3) is 5.91 Å². The maximum atomic E-state index is 13.8. The molecular weight excluding hydrogens is 297 g/mol. The van der Waals surface area contributed by atoms with Crippen molar-refractivity contribution in [3.63, 3.8) is 0 Å². The van der Waals surface area contributed by atoms with Gasteiger partial charge in [-0.25, -0.2) is 4.39 Å². The van der Waals surface area contributed by atoms with Crippen LogP contribution in [0, 0.1) is 5.82 Å². The predicted octanol–water partition coefficient (Wildman–Crippen LogP) is 3.82. The van der Waals surface area contributed by atoms with E-state index in [9.17, 15) is 9.18 Å². The summed E-state index contributed by atoms with van der Waals surface area (Å²) in [4.78, 5) is 13.9. The van der Waals surface area contributed by atoms with Crippen LogP contribution in [0.1, 0.15) is 5.76 Å². The van der Waals surface area contributed by atoms with Crippen molar-refractivity contribution < 1.29 is 13.6 Å². The van der Waals surface area contributed by atoms with Gasteiger partial charge in [-0.1, -0.05) is 36.1 Å². The van der Waals surface area contributed by atoms with Gasteiger partial charge in [0.2, 0.25) is 0 Å². The number of anilines is 1. The summed E-state index contributed by atoms with van der Waals surface area (Å²) < 4.78 is 19.3. The van der Waals surface area contributed by atoms with Crippen LogP contribution >= 0.6 is 24.0 Å². The highest BCUT2D eigenvalue weighted by molar-refractivity contribution is 8.27. The van der Waals surface area contributed by atoms with Crippen LogP contribution in [0.2, 0.25) is 0 Å². The van der Waals surface area contributed by atoms with Gasteiger partial charge in [0.15, 0.2) is 4.32 Å². The molecule has 1 aromatic carbocycles. The lowest BCUT2D eigenvalue weighted by Crippen LogP contribution is -2.28. The first-order chi connectivity index (χ1) is 9.66. The van der Waals surface area contributed by atoms with Gasteiger partial charge in [0.05, 0.1) is 16.9 Å². The molecule has 3 nitrogen and oxygen atoms in total. The molecule has 1 aromatic heterocycles. The zero-order chi connectivity index (χ0) is 14.1. The lowest BCUT2D eigenvalue weighted by Gasteiger charge is -2.14. The molecule has 100 valence electrons. The number of benzene rings is 1. The van der Waals surface area contributed by atoms with E-state index in [1.165, 1.54) is 23.3 Å². The fourth-order valence-electron chi connectivity index (χ4n) is 1.81. The van der Waals surface area contributed by atoms with Crippen LogP contribution < -0.4 is 4.90 Å². The van der Waals surface area contributed by atoms with E-state index in [2.05, 4.69) is 0 Å². The van der Waals surface area contributed by atoms with E-state index in [0.717, 1.165) is 11.8 Å². The number of furan rings is 1. The summed E-state index contributed by atoms with van der Waals surface area (Å²) >= 11 is 6.29. The SMILES string of the molecule is O=C1C(=Cc2ccco2)SC(=S)N1c1ccccc1F. The van der Waals surface area contributed by atoms with Gasteiger partial charge < -0.3 is 4.42 Å². The van der Waals surface area contributed by atoms with Gasteiger partial charge >= 0.3 is 0 Å². The topological polar surface area (TPSA) is 33.5 Å². The molecular formula is C14H8FNO2S2. The van der Waals surface area contributed by atoms with Crippen molar-refractivity contribution >= 4 is 46.0 Å². The molecule has 2 heterocycles. The molecule has 0 N–H and O–H groups in total. The fourth-order valence-corrected chi connectivity index (χ4v) is 3.08. The number of hydrogen-bond donors (Lipinski definition) is 0. The van der Waals surface area contributed by atoms with Crippen LogP contribution in [0.4, 0.5) is 10.1 Å². The standard InChI is InChI=1S/C14H8FNO2S2/c15-10-5-1-2-6-11(10)16-13(17)12(20-14(16)19)8-9-4-3-7-18-9/h1-8H. The third-order valence-corrected chi connectivity index (χ3v) is 4.01. The largest absolute Gasteiger partial charge is 0.465 e. The molecule has 6 heteroatoms. The van der Waals surface area contributed by atoms with E-state index in [1.54, 1.807) is 30.3 Å². The molecule has 0 radical (unpaired) electrons. The minimum absolute atomic E-state index is 0.165. The van der Waals surface area contributed by atoms with Crippen LogP contribution in [-0.2, 0) is 4.79 Å². The molecule has 1 aliphatic rings. The third kappa shape index (κ3) is 2.28. The molecule has 1 fully saturated rings. The third-order valence-electron chi connectivity index (χ3n) is 2.70. The van der Waals surface area contributed by atoms with E-state index in [4.69, 9.17) is 16.6 Å². The van der Waals surface area contributed by atoms with Crippen LogP contribution in [0.5, 0.6) is 0 Å². The van der Waals surface area contributed by atoms with Gasteiger partial charge in [-0.15, -0.1) is 0 Å². The molecule has 2 aromatic rings. The number of hydrogen-bond acceptors (Lipinski definition) is 4. The number of halogens is 1. The van der Waals surface area contributed by atoms with Crippen LogP contribution in [0.25, 0.3) is 6.08 Å². The summed E-state index contributed by atoms with van der Waals surface area (Å²) in [7, 11) is 0. The summed E-state index contributed by atoms with van der Waals surface area (Å²) in [5, 5.41) is 0. The molecule has 3 rings (SSSR count). The second kappa shape index (κ2) is 5.22. The van der Waals surface area contributed by atoms with E-state index < -0.39 is 5.82 Å². The average molecular weight is 305 g/mol. The van der Waals surface area contributed by atoms with E-state index in [-0.39, 0.29) is 11.6 Å². The van der Waals surface area contributed by atoms with Crippen molar-refractivity contribution in [2.75, 3.05) is 4.90 Å². The first-order valence-corrected chi connectivity index (χ1v) is 6.95. The molecule has 0 saturated carbocycles. The number of carbonyl (C=O) groups excluding carboxylic acids is 1. The normalized spacial score (nSPS) is 17.2. The average Bonchev–Trinajstić information content (AvgIpc) is 3.01. The van der Waals surface area contributed by atoms with Crippen molar-refractivity contribution in [2.45, 2.75) is 0 Å². The Balaban J connectivity index is 1.98. The minimum atomic E-state index is -0.483. The smallest absolute Gasteiger partial charge is 0.270 e. The summed E-state index contributed by atoms with van der Waals surface area (Å²) in [5.41, 5.74) is 0.165. The maximum Gasteiger partial charge on any atom is 0.270 e. The van der Waals surface area contributed by atoms with Crippen molar-refractivity contribution in [1.82, 2.24) is 0 Å². The zero-order valence-electron chi connectivity index (χ0n) is 10.1. The first-order valence-electron chi connectivity index (χ1n) is 5.73. The maximum absolute atomic E-state index is 13.8. The number of amides is 1. The lowest BCUT2D eigenvalue weighted by atomic mass is 10.2. The summed E-state index contributed by atoms with van der Waals surface area (Å²) in [6, 6.07) is 9.50. The van der Waals surface area contributed by atoms with Crippen LogP contribution in [-0.4, -0.2) is 10.2 Å². The molecule has 0 unspecified atom stereocenters. The van der Waals surface area contributed by atoms with E-state index in [1.807, 2.05) is 0 Å². The van der Waals surface area contributed by atoms with Crippen molar-refractivity contribution in [3.05, 3.63) is 59.1 Å². The van der Waals surface area contributed by atoms with E-state index >= 15 is 0 Å². The van der Waals surface area contributed by atoms with Gasteiger partial charge in [-0.3, -0.25) is 9.69 Å². The van der Waals surface area contributed by atoms with Crippen molar-refractivity contribution in [1.29, 1.82) is 0 Å². The Morgan fingerprint density at radius 3 is 2.75 bits per heavy atom. The molecule has 0 spiro atoms. The highest BCUT2D eigenvalue weighted by Crippen LogP contribution is 2.36. The molecule has 20 heavy (non-hydrogen) atoms. The minimum Gasteiger partial charge on any atom is -0.465 e. The Hall–Kier alpha value is -1.92. The number of carbonyl (C=O) groups is 1. The number of thiocarbonyl (C=S) groups is 1. The zero-order valence-corrected chi connectivity index (χ0v) is 11.7.